The predicted molar refractivity (Wildman–Crippen MR) is 59.1 cm³/mol. The van der Waals surface area contributed by atoms with Gasteiger partial charge in [0.25, 0.3) is 0 Å². The van der Waals surface area contributed by atoms with E-state index >= 15 is 0 Å². The first-order valence-corrected chi connectivity index (χ1v) is 5.03. The number of hydrogen-bond acceptors (Lipinski definition) is 2. The summed E-state index contributed by atoms with van der Waals surface area (Å²) in [4.78, 5) is 11.6. The smallest absolute Gasteiger partial charge is 0.241 e. The predicted octanol–water partition coefficient (Wildman–Crippen LogP) is 2.56. The minimum Gasteiger partial charge on any atom is -0.325 e. The molecule has 78 valence electrons. The molecule has 1 amide bonds. The number of carbonyl (C=O) groups is 1. The largest absolute Gasteiger partial charge is 0.325 e. The maximum Gasteiger partial charge on any atom is 0.241 e. The number of carbonyl (C=O) groups excluding carboxylic acids is 1. The Morgan fingerprint density at radius 1 is 1.47 bits per heavy atom. The topological polar surface area (TPSA) is 52.9 Å². The summed E-state index contributed by atoms with van der Waals surface area (Å²) < 4.78 is 0. The molecule has 0 aromatic heterocycles. The van der Waals surface area contributed by atoms with Gasteiger partial charge >= 0.3 is 0 Å². The fourth-order valence-corrected chi connectivity index (χ4v) is 1.29. The van der Waals surface area contributed by atoms with Crippen LogP contribution in [0.4, 0.5) is 5.69 Å². The third-order valence-corrected chi connectivity index (χ3v) is 2.09. The molecule has 1 atom stereocenters. The highest BCUT2D eigenvalue weighted by Gasteiger charge is 2.16. The van der Waals surface area contributed by atoms with Crippen molar-refractivity contribution in [3.05, 3.63) is 30.3 Å². The van der Waals surface area contributed by atoms with Gasteiger partial charge in [0, 0.05) is 5.69 Å². The van der Waals surface area contributed by atoms with E-state index in [0.29, 0.717) is 6.42 Å². The molecule has 0 heterocycles. The van der Waals surface area contributed by atoms with Gasteiger partial charge in [0.1, 0.15) is 5.92 Å². The molecule has 0 aliphatic rings. The minimum atomic E-state index is -0.546. The van der Waals surface area contributed by atoms with Crippen molar-refractivity contribution >= 4 is 11.6 Å². The molecule has 1 aromatic rings. The van der Waals surface area contributed by atoms with Crippen LogP contribution in [0.3, 0.4) is 0 Å². The summed E-state index contributed by atoms with van der Waals surface area (Å²) in [5, 5.41) is 11.5. The Kier molecular flexibility index (Phi) is 4.36. The van der Waals surface area contributed by atoms with Crippen molar-refractivity contribution in [2.24, 2.45) is 5.92 Å². The number of benzene rings is 1. The van der Waals surface area contributed by atoms with Gasteiger partial charge in [0.2, 0.25) is 5.91 Å². The van der Waals surface area contributed by atoms with Gasteiger partial charge in [-0.3, -0.25) is 4.79 Å². The van der Waals surface area contributed by atoms with E-state index in [4.69, 9.17) is 5.26 Å². The van der Waals surface area contributed by atoms with Crippen LogP contribution >= 0.6 is 0 Å². The summed E-state index contributed by atoms with van der Waals surface area (Å²) in [6.07, 6.45) is 1.44. The second-order valence-corrected chi connectivity index (χ2v) is 3.33. The normalized spacial score (nSPS) is 11.5. The molecule has 0 spiro atoms. The van der Waals surface area contributed by atoms with Crippen LogP contribution in [0.2, 0.25) is 0 Å². The molecule has 1 rings (SSSR count). The Labute approximate surface area is 89.7 Å². The maximum atomic E-state index is 11.6. The van der Waals surface area contributed by atoms with Gasteiger partial charge in [-0.05, 0) is 18.6 Å². The monoisotopic (exact) mass is 202 g/mol. The Morgan fingerprint density at radius 3 is 2.67 bits per heavy atom. The lowest BCUT2D eigenvalue weighted by molar-refractivity contribution is -0.118. The third kappa shape index (κ3) is 3.43. The van der Waals surface area contributed by atoms with Crippen molar-refractivity contribution in [3.8, 4) is 6.07 Å². The van der Waals surface area contributed by atoms with Gasteiger partial charge in [-0.1, -0.05) is 31.5 Å². The summed E-state index contributed by atoms with van der Waals surface area (Å²) in [5.74, 6) is -0.763. The summed E-state index contributed by atoms with van der Waals surface area (Å²) in [7, 11) is 0. The molecule has 3 heteroatoms. The molecule has 0 radical (unpaired) electrons. The molecule has 1 aromatic carbocycles. The van der Waals surface area contributed by atoms with E-state index in [-0.39, 0.29) is 5.91 Å². The molecule has 0 saturated heterocycles. The van der Waals surface area contributed by atoms with E-state index in [1.54, 1.807) is 12.1 Å². The van der Waals surface area contributed by atoms with Crippen molar-refractivity contribution in [2.75, 3.05) is 5.32 Å². The van der Waals surface area contributed by atoms with Gasteiger partial charge in [0.15, 0.2) is 0 Å². The fraction of sp³-hybridized carbons (Fsp3) is 0.333. The van der Waals surface area contributed by atoms with Crippen LogP contribution in [0, 0.1) is 17.2 Å². The summed E-state index contributed by atoms with van der Waals surface area (Å²) in [6.45, 7) is 1.96. The SMILES string of the molecule is CCCC(C#N)C(=O)Nc1ccccc1. The van der Waals surface area contributed by atoms with Crippen LogP contribution in [0.25, 0.3) is 0 Å². The first kappa shape index (κ1) is 11.3. The van der Waals surface area contributed by atoms with E-state index in [1.165, 1.54) is 0 Å². The van der Waals surface area contributed by atoms with Gasteiger partial charge < -0.3 is 5.32 Å². The highest BCUT2D eigenvalue weighted by Crippen LogP contribution is 2.10. The molecule has 1 N–H and O–H groups in total. The molecular formula is C12H14N2O. The first-order valence-electron chi connectivity index (χ1n) is 5.03. The zero-order chi connectivity index (χ0) is 11.1. The molecule has 0 aliphatic heterocycles. The summed E-state index contributed by atoms with van der Waals surface area (Å²) in [6, 6.07) is 11.2. The Bertz CT molecular complexity index is 354. The van der Waals surface area contributed by atoms with Crippen molar-refractivity contribution in [1.82, 2.24) is 0 Å². The van der Waals surface area contributed by atoms with Crippen LogP contribution < -0.4 is 5.32 Å². The number of nitrogens with one attached hydrogen (secondary N) is 1. The third-order valence-electron chi connectivity index (χ3n) is 2.09. The van der Waals surface area contributed by atoms with E-state index in [9.17, 15) is 4.79 Å². The van der Waals surface area contributed by atoms with E-state index < -0.39 is 5.92 Å². The number of amides is 1. The first-order chi connectivity index (χ1) is 7.27. The molecule has 3 nitrogen and oxygen atoms in total. The van der Waals surface area contributed by atoms with Crippen LogP contribution in [0.5, 0.6) is 0 Å². The number of nitriles is 1. The van der Waals surface area contributed by atoms with Crippen molar-refractivity contribution in [1.29, 1.82) is 5.26 Å². The Hall–Kier alpha value is -1.82. The molecule has 1 unspecified atom stereocenters. The maximum absolute atomic E-state index is 11.6. The van der Waals surface area contributed by atoms with Crippen LogP contribution in [0.1, 0.15) is 19.8 Å². The van der Waals surface area contributed by atoms with Crippen LogP contribution in [0.15, 0.2) is 30.3 Å². The van der Waals surface area contributed by atoms with E-state index in [1.807, 2.05) is 31.2 Å². The lowest BCUT2D eigenvalue weighted by Crippen LogP contribution is -2.21. The molecule has 0 saturated carbocycles. The van der Waals surface area contributed by atoms with E-state index in [0.717, 1.165) is 12.1 Å². The van der Waals surface area contributed by atoms with Gasteiger partial charge in [-0.15, -0.1) is 0 Å². The van der Waals surface area contributed by atoms with Crippen LogP contribution in [-0.2, 0) is 4.79 Å². The quantitative estimate of drug-likeness (QED) is 0.815. The van der Waals surface area contributed by atoms with Crippen molar-refractivity contribution in [3.63, 3.8) is 0 Å². The van der Waals surface area contributed by atoms with Crippen molar-refractivity contribution in [2.45, 2.75) is 19.8 Å². The zero-order valence-electron chi connectivity index (χ0n) is 8.73. The van der Waals surface area contributed by atoms with Gasteiger partial charge in [-0.2, -0.15) is 5.26 Å². The average Bonchev–Trinajstić information content (AvgIpc) is 2.27. The fourth-order valence-electron chi connectivity index (χ4n) is 1.29. The minimum absolute atomic E-state index is 0.217. The second kappa shape index (κ2) is 5.82. The average molecular weight is 202 g/mol. The standard InChI is InChI=1S/C12H14N2O/c1-2-6-10(9-13)12(15)14-11-7-4-3-5-8-11/h3-5,7-8,10H,2,6H2,1H3,(H,14,15). The second-order valence-electron chi connectivity index (χ2n) is 3.33. The van der Waals surface area contributed by atoms with Crippen LogP contribution in [-0.4, -0.2) is 5.91 Å². The Balaban J connectivity index is 2.59. The molecule has 0 bridgehead atoms. The zero-order valence-corrected chi connectivity index (χ0v) is 8.73. The number of hydrogen-bond donors (Lipinski definition) is 1. The molecule has 0 fully saturated rings. The van der Waals surface area contributed by atoms with Gasteiger partial charge in [0.05, 0.1) is 6.07 Å². The number of rotatable bonds is 4. The number of para-hydroxylation sites is 1. The Morgan fingerprint density at radius 2 is 2.13 bits per heavy atom. The lowest BCUT2D eigenvalue weighted by Gasteiger charge is -2.08. The number of nitrogens with zero attached hydrogens (tertiary/aromatic N) is 1. The lowest BCUT2D eigenvalue weighted by atomic mass is 10.0. The molecule has 15 heavy (non-hydrogen) atoms. The number of anilines is 1. The highest BCUT2D eigenvalue weighted by molar-refractivity contribution is 5.94. The van der Waals surface area contributed by atoms with Crippen molar-refractivity contribution < 1.29 is 4.79 Å². The van der Waals surface area contributed by atoms with Gasteiger partial charge in [-0.25, -0.2) is 0 Å². The summed E-state index contributed by atoms with van der Waals surface area (Å²) >= 11 is 0. The summed E-state index contributed by atoms with van der Waals surface area (Å²) in [5.41, 5.74) is 0.735. The highest BCUT2D eigenvalue weighted by atomic mass is 16.1. The molecule has 0 aliphatic carbocycles. The van der Waals surface area contributed by atoms with E-state index in [2.05, 4.69) is 5.32 Å². The molecular weight excluding hydrogens is 188 g/mol.